The van der Waals surface area contributed by atoms with Gasteiger partial charge < -0.3 is 10.0 Å². The Morgan fingerprint density at radius 3 is 2.92 bits per heavy atom. The van der Waals surface area contributed by atoms with Gasteiger partial charge in [0.1, 0.15) is 5.82 Å². The molecule has 13 heavy (non-hydrogen) atoms. The molecule has 2 rings (SSSR count). The van der Waals surface area contributed by atoms with Gasteiger partial charge >= 0.3 is 0 Å². The third kappa shape index (κ3) is 1.80. The third-order valence-electron chi connectivity index (χ3n) is 2.38. The Hall–Kier alpha value is -1.09. The van der Waals surface area contributed by atoms with Crippen molar-refractivity contribution >= 4 is 5.82 Å². The molecule has 0 aliphatic carbocycles. The highest BCUT2D eigenvalue weighted by Gasteiger charge is 2.20. The van der Waals surface area contributed by atoms with E-state index in [4.69, 9.17) is 0 Å². The minimum absolute atomic E-state index is 0.178. The molecule has 3 heteroatoms. The number of aliphatic hydroxyl groups excluding tert-OH is 1. The summed E-state index contributed by atoms with van der Waals surface area (Å²) in [6, 6.07) is 4.06. The zero-order valence-electron chi connectivity index (χ0n) is 7.77. The number of hydrogen-bond acceptors (Lipinski definition) is 3. The summed E-state index contributed by atoms with van der Waals surface area (Å²) in [7, 11) is 0. The summed E-state index contributed by atoms with van der Waals surface area (Å²) in [5.41, 5.74) is 1.17. The summed E-state index contributed by atoms with van der Waals surface area (Å²) in [5, 5.41) is 9.35. The first kappa shape index (κ1) is 8.51. The quantitative estimate of drug-likeness (QED) is 0.696. The van der Waals surface area contributed by atoms with E-state index in [1.165, 1.54) is 5.56 Å². The molecule has 0 unspecified atom stereocenters. The van der Waals surface area contributed by atoms with Crippen LogP contribution in [0.4, 0.5) is 5.82 Å². The Kier molecular flexibility index (Phi) is 2.19. The fourth-order valence-electron chi connectivity index (χ4n) is 1.60. The van der Waals surface area contributed by atoms with Crippen molar-refractivity contribution in [3.8, 4) is 0 Å². The zero-order chi connectivity index (χ0) is 9.26. The van der Waals surface area contributed by atoms with E-state index in [2.05, 4.69) is 9.88 Å². The summed E-state index contributed by atoms with van der Waals surface area (Å²) < 4.78 is 0. The van der Waals surface area contributed by atoms with Crippen LogP contribution in [0.15, 0.2) is 18.3 Å². The Bertz CT molecular complexity index is 283. The second-order valence-electron chi connectivity index (χ2n) is 3.58. The molecule has 0 radical (unpaired) electrons. The highest BCUT2D eigenvalue weighted by atomic mass is 16.3. The lowest BCUT2D eigenvalue weighted by molar-refractivity contribution is 0.198. The van der Waals surface area contributed by atoms with Gasteiger partial charge in [-0.1, -0.05) is 6.07 Å². The predicted octanol–water partition coefficient (Wildman–Crippen LogP) is 0.961. The molecule has 1 aliphatic heterocycles. The van der Waals surface area contributed by atoms with E-state index in [1.807, 2.05) is 25.3 Å². The summed E-state index contributed by atoms with van der Waals surface area (Å²) in [6.07, 6.45) is 2.54. The first-order valence-electron chi connectivity index (χ1n) is 4.61. The lowest BCUT2D eigenvalue weighted by Crippen LogP contribution is -2.21. The maximum Gasteiger partial charge on any atom is 0.128 e. The maximum absolute atomic E-state index is 9.35. The molecule has 0 aromatic carbocycles. The molecule has 3 nitrogen and oxygen atoms in total. The standard InChI is InChI=1S/C10H14N2O/c1-8-2-3-10(11-6-8)12-5-4-9(13)7-12/h2-3,6,9,13H,4-5,7H2,1H3/t9-/m1/s1. The van der Waals surface area contributed by atoms with Gasteiger partial charge in [0.05, 0.1) is 6.10 Å². The van der Waals surface area contributed by atoms with Crippen LogP contribution in [0.25, 0.3) is 0 Å². The first-order valence-corrected chi connectivity index (χ1v) is 4.61. The van der Waals surface area contributed by atoms with Gasteiger partial charge in [-0.25, -0.2) is 4.98 Å². The number of aliphatic hydroxyl groups is 1. The van der Waals surface area contributed by atoms with Crippen molar-refractivity contribution < 1.29 is 5.11 Å². The number of rotatable bonds is 1. The average molecular weight is 178 g/mol. The second-order valence-corrected chi connectivity index (χ2v) is 3.58. The summed E-state index contributed by atoms with van der Waals surface area (Å²) in [6.45, 7) is 3.66. The molecular weight excluding hydrogens is 164 g/mol. The Labute approximate surface area is 78.0 Å². The van der Waals surface area contributed by atoms with Crippen LogP contribution in [0.2, 0.25) is 0 Å². The van der Waals surface area contributed by atoms with Crippen molar-refractivity contribution in [2.24, 2.45) is 0 Å². The molecule has 0 amide bonds. The number of nitrogens with zero attached hydrogens (tertiary/aromatic N) is 2. The lowest BCUT2D eigenvalue weighted by atomic mass is 10.3. The van der Waals surface area contributed by atoms with Crippen LogP contribution >= 0.6 is 0 Å². The molecule has 0 saturated carbocycles. The molecule has 0 spiro atoms. The molecule has 1 N–H and O–H groups in total. The summed E-state index contributed by atoms with van der Waals surface area (Å²) in [5.74, 6) is 0.974. The van der Waals surface area contributed by atoms with Gasteiger partial charge in [0.15, 0.2) is 0 Å². The van der Waals surface area contributed by atoms with E-state index >= 15 is 0 Å². The van der Waals surface area contributed by atoms with E-state index in [0.717, 1.165) is 25.3 Å². The third-order valence-corrected chi connectivity index (χ3v) is 2.38. The minimum Gasteiger partial charge on any atom is -0.391 e. The van der Waals surface area contributed by atoms with E-state index in [9.17, 15) is 5.11 Å². The van der Waals surface area contributed by atoms with Crippen LogP contribution in [0, 0.1) is 6.92 Å². The molecule has 0 bridgehead atoms. The van der Waals surface area contributed by atoms with E-state index in [0.29, 0.717) is 0 Å². The fourth-order valence-corrected chi connectivity index (χ4v) is 1.60. The van der Waals surface area contributed by atoms with Crippen LogP contribution in [0.3, 0.4) is 0 Å². The molecule has 1 saturated heterocycles. The van der Waals surface area contributed by atoms with Gasteiger partial charge in [-0.05, 0) is 25.0 Å². The molecular formula is C10H14N2O. The zero-order valence-corrected chi connectivity index (χ0v) is 7.77. The largest absolute Gasteiger partial charge is 0.391 e. The number of aromatic nitrogens is 1. The normalized spacial score (nSPS) is 22.3. The van der Waals surface area contributed by atoms with Crippen LogP contribution in [0.1, 0.15) is 12.0 Å². The molecule has 1 fully saturated rings. The van der Waals surface area contributed by atoms with Gasteiger partial charge in [-0.3, -0.25) is 0 Å². The molecule has 1 aromatic heterocycles. The van der Waals surface area contributed by atoms with Crippen LogP contribution < -0.4 is 4.90 Å². The topological polar surface area (TPSA) is 36.4 Å². The number of anilines is 1. The molecule has 2 heterocycles. The Balaban J connectivity index is 2.13. The Morgan fingerprint density at radius 2 is 2.38 bits per heavy atom. The SMILES string of the molecule is Cc1ccc(N2CC[C@@H](O)C2)nc1. The van der Waals surface area contributed by atoms with Gasteiger partial charge in [0, 0.05) is 19.3 Å². The van der Waals surface area contributed by atoms with Gasteiger partial charge in [-0.15, -0.1) is 0 Å². The van der Waals surface area contributed by atoms with Gasteiger partial charge in [-0.2, -0.15) is 0 Å². The molecule has 1 aliphatic rings. The second kappa shape index (κ2) is 3.34. The van der Waals surface area contributed by atoms with E-state index < -0.39 is 0 Å². The lowest BCUT2D eigenvalue weighted by Gasteiger charge is -2.15. The average Bonchev–Trinajstić information content (AvgIpc) is 2.53. The number of aryl methyl sites for hydroxylation is 1. The summed E-state index contributed by atoms with van der Waals surface area (Å²) >= 11 is 0. The van der Waals surface area contributed by atoms with Crippen molar-refractivity contribution in [3.63, 3.8) is 0 Å². The summed E-state index contributed by atoms with van der Waals surface area (Å²) in [4.78, 5) is 6.42. The van der Waals surface area contributed by atoms with E-state index in [1.54, 1.807) is 0 Å². The Morgan fingerprint density at radius 1 is 1.54 bits per heavy atom. The van der Waals surface area contributed by atoms with Crippen LogP contribution in [-0.4, -0.2) is 29.3 Å². The maximum atomic E-state index is 9.35. The number of pyridine rings is 1. The van der Waals surface area contributed by atoms with Crippen LogP contribution in [-0.2, 0) is 0 Å². The monoisotopic (exact) mass is 178 g/mol. The molecule has 1 atom stereocenters. The number of β-amino-alcohol motifs (C(OH)–C–C–N with tert-alkyl or cyclic N) is 1. The minimum atomic E-state index is -0.178. The predicted molar refractivity (Wildman–Crippen MR) is 51.8 cm³/mol. The van der Waals surface area contributed by atoms with Crippen molar-refractivity contribution in [2.45, 2.75) is 19.4 Å². The highest BCUT2D eigenvalue weighted by Crippen LogP contribution is 2.17. The van der Waals surface area contributed by atoms with Crippen molar-refractivity contribution in [2.75, 3.05) is 18.0 Å². The number of hydrogen-bond donors (Lipinski definition) is 1. The first-order chi connectivity index (χ1) is 6.25. The van der Waals surface area contributed by atoms with Gasteiger partial charge in [0.2, 0.25) is 0 Å². The van der Waals surface area contributed by atoms with Gasteiger partial charge in [0.25, 0.3) is 0 Å². The smallest absolute Gasteiger partial charge is 0.128 e. The fraction of sp³-hybridized carbons (Fsp3) is 0.500. The van der Waals surface area contributed by atoms with Crippen LogP contribution in [0.5, 0.6) is 0 Å². The van der Waals surface area contributed by atoms with Crippen molar-refractivity contribution in [1.29, 1.82) is 0 Å². The van der Waals surface area contributed by atoms with E-state index in [-0.39, 0.29) is 6.10 Å². The highest BCUT2D eigenvalue weighted by molar-refractivity contribution is 5.40. The molecule has 70 valence electrons. The molecule has 1 aromatic rings. The van der Waals surface area contributed by atoms with Crippen molar-refractivity contribution in [1.82, 2.24) is 4.98 Å². The van der Waals surface area contributed by atoms with Crippen molar-refractivity contribution in [3.05, 3.63) is 23.9 Å².